The smallest absolute Gasteiger partial charge is 0.335 e. The number of carbonyl (C=O) groups is 1. The van der Waals surface area contributed by atoms with Crippen molar-refractivity contribution in [2.75, 3.05) is 0 Å². The number of fused-ring (bicyclic) bond motifs is 1. The van der Waals surface area contributed by atoms with Crippen LogP contribution in [0.2, 0.25) is 0 Å². The molecule has 0 fully saturated rings. The fourth-order valence-electron chi connectivity index (χ4n) is 3.20. The van der Waals surface area contributed by atoms with Crippen LogP contribution in [0.3, 0.4) is 0 Å². The van der Waals surface area contributed by atoms with Crippen LogP contribution in [0.15, 0.2) is 60.7 Å². The fourth-order valence-corrected chi connectivity index (χ4v) is 3.89. The number of nitrogens with zero attached hydrogens (tertiary/aromatic N) is 2. The van der Waals surface area contributed by atoms with Crippen molar-refractivity contribution >= 4 is 51.2 Å². The molecule has 1 aromatic heterocycles. The van der Waals surface area contributed by atoms with E-state index < -0.39 is 5.97 Å². The third kappa shape index (κ3) is 4.81. The van der Waals surface area contributed by atoms with Crippen molar-refractivity contribution in [1.29, 1.82) is 5.26 Å². The number of benzene rings is 3. The van der Waals surface area contributed by atoms with Gasteiger partial charge in [0.05, 0.1) is 25.7 Å². The lowest BCUT2D eigenvalue weighted by molar-refractivity contribution is 0.0697. The van der Waals surface area contributed by atoms with Crippen LogP contribution in [0, 0.1) is 21.8 Å². The molecule has 1 heterocycles. The number of imidazole rings is 1. The van der Waals surface area contributed by atoms with E-state index in [1.807, 2.05) is 43.3 Å². The van der Waals surface area contributed by atoms with Gasteiger partial charge in [-0.15, -0.1) is 0 Å². The number of H-pyrrole nitrogens is 1. The van der Waals surface area contributed by atoms with Crippen LogP contribution in [0.5, 0.6) is 5.75 Å². The van der Waals surface area contributed by atoms with E-state index in [1.165, 1.54) is 0 Å². The van der Waals surface area contributed by atoms with Gasteiger partial charge in [-0.3, -0.25) is 0 Å². The number of aryl methyl sites for hydroxylation is 1. The maximum atomic E-state index is 11.0. The fraction of sp³-hybridized carbons (Fsp3) is 0.0800. The Balaban J connectivity index is 1.51. The van der Waals surface area contributed by atoms with Crippen molar-refractivity contribution in [3.8, 4) is 11.8 Å². The molecule has 158 valence electrons. The molecular weight excluding hydrogens is 517 g/mol. The third-order valence-electron chi connectivity index (χ3n) is 4.88. The molecule has 0 amide bonds. The van der Waals surface area contributed by atoms with E-state index in [9.17, 15) is 10.1 Å². The highest BCUT2D eigenvalue weighted by atomic mass is 127. The maximum Gasteiger partial charge on any atom is 0.335 e. The number of nitriles is 1. The predicted molar refractivity (Wildman–Crippen MR) is 131 cm³/mol. The molecule has 6 nitrogen and oxygen atoms in total. The summed E-state index contributed by atoms with van der Waals surface area (Å²) in [5.41, 5.74) is 5.27. The van der Waals surface area contributed by atoms with Crippen molar-refractivity contribution in [1.82, 2.24) is 9.97 Å². The SMILES string of the molecule is Cc1ccc2nc(/C(C#N)=C\c3ccc(OCc4ccc(C(=O)O)cc4)c(I)c3)[nH]c2c1. The summed E-state index contributed by atoms with van der Waals surface area (Å²) >= 11 is 2.19. The number of hydrogen-bond donors (Lipinski definition) is 2. The summed E-state index contributed by atoms with van der Waals surface area (Å²) < 4.78 is 6.79. The van der Waals surface area contributed by atoms with Crippen LogP contribution >= 0.6 is 22.6 Å². The minimum Gasteiger partial charge on any atom is -0.488 e. The van der Waals surface area contributed by atoms with Gasteiger partial charge in [-0.05, 0) is 88.7 Å². The second kappa shape index (κ2) is 9.24. The van der Waals surface area contributed by atoms with Gasteiger partial charge >= 0.3 is 5.97 Å². The lowest BCUT2D eigenvalue weighted by Gasteiger charge is -2.09. The van der Waals surface area contributed by atoms with E-state index in [0.717, 1.165) is 31.3 Å². The first kappa shape index (κ1) is 21.6. The zero-order valence-electron chi connectivity index (χ0n) is 17.1. The topological polar surface area (TPSA) is 99.0 Å². The van der Waals surface area contributed by atoms with Crippen molar-refractivity contribution in [3.05, 3.63) is 92.3 Å². The highest BCUT2D eigenvalue weighted by Crippen LogP contribution is 2.26. The molecule has 2 N–H and O–H groups in total. The van der Waals surface area contributed by atoms with Gasteiger partial charge in [-0.1, -0.05) is 24.3 Å². The van der Waals surface area contributed by atoms with Crippen LogP contribution < -0.4 is 4.74 Å². The molecule has 0 aliphatic carbocycles. The van der Waals surface area contributed by atoms with Gasteiger partial charge in [0.1, 0.15) is 24.3 Å². The van der Waals surface area contributed by atoms with Crippen LogP contribution in [0.4, 0.5) is 0 Å². The van der Waals surface area contributed by atoms with E-state index in [0.29, 0.717) is 23.8 Å². The third-order valence-corrected chi connectivity index (χ3v) is 5.72. The molecule has 0 atom stereocenters. The number of rotatable bonds is 6. The Hall–Kier alpha value is -3.64. The molecule has 3 aromatic carbocycles. The summed E-state index contributed by atoms with van der Waals surface area (Å²) in [6, 6.07) is 20.4. The Bertz CT molecular complexity index is 1380. The number of nitrogens with one attached hydrogen (secondary N) is 1. The molecule has 0 saturated heterocycles. The van der Waals surface area contributed by atoms with Crippen LogP contribution in [0.25, 0.3) is 22.7 Å². The Morgan fingerprint density at radius 3 is 2.66 bits per heavy atom. The average Bonchev–Trinajstić information content (AvgIpc) is 3.20. The average molecular weight is 535 g/mol. The number of carboxylic acid groups (broad SMARTS) is 1. The minimum absolute atomic E-state index is 0.243. The summed E-state index contributed by atoms with van der Waals surface area (Å²) in [5.74, 6) is 0.293. The van der Waals surface area contributed by atoms with Gasteiger partial charge in [0.15, 0.2) is 0 Å². The second-order valence-electron chi connectivity index (χ2n) is 7.26. The Morgan fingerprint density at radius 2 is 1.97 bits per heavy atom. The van der Waals surface area contributed by atoms with Crippen molar-refractivity contribution in [2.45, 2.75) is 13.5 Å². The van der Waals surface area contributed by atoms with Gasteiger partial charge in [0.2, 0.25) is 0 Å². The zero-order valence-corrected chi connectivity index (χ0v) is 19.3. The summed E-state index contributed by atoms with van der Waals surface area (Å²) in [5, 5.41) is 18.7. The predicted octanol–water partition coefficient (Wildman–Crippen LogP) is 5.82. The van der Waals surface area contributed by atoms with E-state index in [-0.39, 0.29) is 5.56 Å². The molecule has 7 heteroatoms. The van der Waals surface area contributed by atoms with Crippen molar-refractivity contribution in [3.63, 3.8) is 0 Å². The number of carboxylic acids is 1. The summed E-state index contributed by atoms with van der Waals surface area (Å²) in [6.45, 7) is 2.34. The van der Waals surface area contributed by atoms with Crippen LogP contribution in [0.1, 0.15) is 32.9 Å². The monoisotopic (exact) mass is 535 g/mol. The normalized spacial score (nSPS) is 11.3. The molecule has 32 heavy (non-hydrogen) atoms. The quantitative estimate of drug-likeness (QED) is 0.240. The van der Waals surface area contributed by atoms with Gasteiger partial charge in [0.25, 0.3) is 0 Å². The van der Waals surface area contributed by atoms with Gasteiger partial charge in [-0.2, -0.15) is 5.26 Å². The van der Waals surface area contributed by atoms with Crippen LogP contribution in [-0.4, -0.2) is 21.0 Å². The van der Waals surface area contributed by atoms with E-state index in [2.05, 4.69) is 38.6 Å². The molecular formula is C25H18IN3O3. The Labute approximate surface area is 198 Å². The number of aromatic nitrogens is 2. The largest absolute Gasteiger partial charge is 0.488 e. The molecule has 0 radical (unpaired) electrons. The molecule has 0 aliphatic rings. The lowest BCUT2D eigenvalue weighted by Crippen LogP contribution is -1.99. The minimum atomic E-state index is -0.954. The first-order valence-corrected chi connectivity index (χ1v) is 10.8. The molecule has 0 aliphatic heterocycles. The summed E-state index contributed by atoms with van der Waals surface area (Å²) in [4.78, 5) is 18.7. The highest BCUT2D eigenvalue weighted by molar-refractivity contribution is 14.1. The van der Waals surface area contributed by atoms with E-state index >= 15 is 0 Å². The number of hydrogen-bond acceptors (Lipinski definition) is 4. The summed E-state index contributed by atoms with van der Waals surface area (Å²) in [7, 11) is 0. The molecule has 4 aromatic rings. The molecule has 4 rings (SSSR count). The zero-order chi connectivity index (χ0) is 22.7. The molecule has 0 spiro atoms. The number of allylic oxidation sites excluding steroid dienone is 1. The second-order valence-corrected chi connectivity index (χ2v) is 8.42. The molecule has 0 unspecified atom stereocenters. The number of aromatic amines is 1. The first-order chi connectivity index (χ1) is 15.4. The van der Waals surface area contributed by atoms with Gasteiger partial charge in [-0.25, -0.2) is 9.78 Å². The molecule has 0 saturated carbocycles. The van der Waals surface area contributed by atoms with E-state index in [1.54, 1.807) is 30.3 Å². The number of aromatic carboxylic acids is 1. The molecule has 0 bridgehead atoms. The highest BCUT2D eigenvalue weighted by Gasteiger charge is 2.10. The van der Waals surface area contributed by atoms with Crippen molar-refractivity contribution < 1.29 is 14.6 Å². The summed E-state index contributed by atoms with van der Waals surface area (Å²) in [6.07, 6.45) is 1.79. The van der Waals surface area contributed by atoms with Gasteiger partial charge < -0.3 is 14.8 Å². The maximum absolute atomic E-state index is 11.0. The standard InChI is InChI=1S/C25H18IN3O3/c1-15-2-8-21-22(10-15)29-24(28-21)19(13-27)11-17-5-9-23(20(26)12-17)32-14-16-3-6-18(7-4-16)25(30)31/h2-12H,14H2,1H3,(H,28,29)(H,30,31)/b19-11-. The van der Waals surface area contributed by atoms with Gasteiger partial charge in [0, 0.05) is 0 Å². The Kier molecular flexibility index (Phi) is 6.23. The Morgan fingerprint density at radius 1 is 1.19 bits per heavy atom. The number of ether oxygens (including phenoxy) is 1. The van der Waals surface area contributed by atoms with Crippen molar-refractivity contribution in [2.24, 2.45) is 0 Å². The number of halogens is 1. The van der Waals surface area contributed by atoms with E-state index in [4.69, 9.17) is 9.84 Å². The first-order valence-electron chi connectivity index (χ1n) is 9.76. The van der Waals surface area contributed by atoms with Crippen LogP contribution in [-0.2, 0) is 6.61 Å². The lowest BCUT2D eigenvalue weighted by atomic mass is 10.1.